The van der Waals surface area contributed by atoms with Crippen molar-refractivity contribution in [2.75, 3.05) is 0 Å². The summed E-state index contributed by atoms with van der Waals surface area (Å²) in [5, 5.41) is 0. The average Bonchev–Trinajstić information content (AvgIpc) is 2.44. The van der Waals surface area contributed by atoms with Gasteiger partial charge in [-0.15, -0.1) is 0 Å². The summed E-state index contributed by atoms with van der Waals surface area (Å²) in [4.78, 5) is 11.7. The molecular formula is C16H13O3. The van der Waals surface area contributed by atoms with Gasteiger partial charge in [0.2, 0.25) is 0 Å². The first kappa shape index (κ1) is 11.8. The van der Waals surface area contributed by atoms with Crippen molar-refractivity contribution >= 4 is 6.16 Å². The van der Waals surface area contributed by atoms with E-state index in [-0.39, 0.29) is 0 Å². The van der Waals surface area contributed by atoms with Crippen LogP contribution in [-0.4, -0.2) is 12.3 Å². The van der Waals surface area contributed by atoms with Gasteiger partial charge in [0, 0.05) is 5.57 Å². The highest BCUT2D eigenvalue weighted by atomic mass is 16.7. The van der Waals surface area contributed by atoms with E-state index >= 15 is 0 Å². The van der Waals surface area contributed by atoms with Gasteiger partial charge in [-0.1, -0.05) is 29.9 Å². The van der Waals surface area contributed by atoms with E-state index < -0.39 is 12.3 Å². The average molecular weight is 253 g/mol. The summed E-state index contributed by atoms with van der Waals surface area (Å²) in [6.45, 7) is 2.03. The standard InChI is InChI=1S/C16H13O3/c1-11-10-12-6-8-13(9-7-12)18-16(17)19-15-5-3-2-4-14(11)15/h2-3,5-9,15H,10H2,1H3/b14-11-. The maximum atomic E-state index is 11.7. The summed E-state index contributed by atoms with van der Waals surface area (Å²) in [5.74, 6) is 0.495. The van der Waals surface area contributed by atoms with Gasteiger partial charge in [-0.25, -0.2) is 4.79 Å². The molecule has 2 heterocycles. The highest BCUT2D eigenvalue weighted by Crippen LogP contribution is 2.24. The number of ether oxygens (including phenoxy) is 2. The SMILES string of the molecule is C/C1=C2\[C]=CC=CC2OC(=O)Oc2ccc(cc2)C1. The van der Waals surface area contributed by atoms with Gasteiger partial charge in [0.15, 0.2) is 0 Å². The number of allylic oxidation sites excluding steroid dienone is 3. The van der Waals surface area contributed by atoms with E-state index in [0.29, 0.717) is 5.75 Å². The lowest BCUT2D eigenvalue weighted by atomic mass is 9.95. The van der Waals surface area contributed by atoms with Crippen LogP contribution in [0.5, 0.6) is 5.75 Å². The van der Waals surface area contributed by atoms with Crippen molar-refractivity contribution in [3.63, 3.8) is 0 Å². The number of carbonyl (C=O) groups is 1. The zero-order valence-corrected chi connectivity index (χ0v) is 10.6. The monoisotopic (exact) mass is 253 g/mol. The van der Waals surface area contributed by atoms with Crippen LogP contribution in [0.1, 0.15) is 12.5 Å². The van der Waals surface area contributed by atoms with E-state index in [0.717, 1.165) is 17.6 Å². The molecule has 1 aromatic carbocycles. The number of hydrogen-bond donors (Lipinski definition) is 0. The lowest BCUT2D eigenvalue weighted by Crippen LogP contribution is -2.22. The molecule has 3 nitrogen and oxygen atoms in total. The third-order valence-electron chi connectivity index (χ3n) is 3.18. The topological polar surface area (TPSA) is 35.5 Å². The van der Waals surface area contributed by atoms with Crippen LogP contribution in [0, 0.1) is 6.08 Å². The Balaban J connectivity index is 2.05. The zero-order chi connectivity index (χ0) is 13.2. The minimum Gasteiger partial charge on any atom is -0.421 e. The van der Waals surface area contributed by atoms with Gasteiger partial charge < -0.3 is 9.47 Å². The minimum absolute atomic E-state index is 0.420. The number of benzene rings is 1. The molecule has 2 aliphatic heterocycles. The molecule has 0 fully saturated rings. The molecule has 0 saturated heterocycles. The summed E-state index contributed by atoms with van der Waals surface area (Å²) < 4.78 is 10.4. The molecular weight excluding hydrogens is 240 g/mol. The van der Waals surface area contributed by atoms with Gasteiger partial charge in [0.25, 0.3) is 0 Å². The Labute approximate surface area is 111 Å². The Morgan fingerprint density at radius 2 is 2.05 bits per heavy atom. The van der Waals surface area contributed by atoms with Crippen LogP contribution in [0.3, 0.4) is 0 Å². The first-order chi connectivity index (χ1) is 9.22. The van der Waals surface area contributed by atoms with Gasteiger partial charge in [0.05, 0.1) is 0 Å². The van der Waals surface area contributed by atoms with Crippen LogP contribution in [0.2, 0.25) is 0 Å². The molecule has 1 aliphatic carbocycles. The van der Waals surface area contributed by atoms with Crippen molar-refractivity contribution in [1.29, 1.82) is 0 Å². The largest absolute Gasteiger partial charge is 0.514 e. The number of hydrogen-bond acceptors (Lipinski definition) is 3. The van der Waals surface area contributed by atoms with Gasteiger partial charge in [-0.2, -0.15) is 0 Å². The number of rotatable bonds is 0. The quantitative estimate of drug-likeness (QED) is 0.525. The van der Waals surface area contributed by atoms with Gasteiger partial charge in [-0.05, 0) is 43.2 Å². The van der Waals surface area contributed by atoms with Crippen LogP contribution in [0.15, 0.2) is 53.6 Å². The highest BCUT2D eigenvalue weighted by Gasteiger charge is 2.21. The third-order valence-corrected chi connectivity index (χ3v) is 3.18. The van der Waals surface area contributed by atoms with E-state index in [2.05, 4.69) is 6.08 Å². The molecule has 2 bridgehead atoms. The first-order valence-corrected chi connectivity index (χ1v) is 6.16. The second-order valence-electron chi connectivity index (χ2n) is 4.60. The highest BCUT2D eigenvalue weighted by molar-refractivity contribution is 5.65. The Hall–Kier alpha value is -2.29. The fraction of sp³-hybridized carbons (Fsp3) is 0.188. The molecule has 1 unspecified atom stereocenters. The summed E-state index contributed by atoms with van der Waals surface area (Å²) in [6.07, 6.45) is 8.31. The smallest absolute Gasteiger partial charge is 0.421 e. The van der Waals surface area contributed by atoms with Crippen molar-refractivity contribution in [3.05, 3.63) is 65.3 Å². The van der Waals surface area contributed by atoms with Crippen molar-refractivity contribution < 1.29 is 14.3 Å². The molecule has 0 amide bonds. The lowest BCUT2D eigenvalue weighted by molar-refractivity contribution is 0.0875. The maximum absolute atomic E-state index is 11.7. The minimum atomic E-state index is -0.696. The normalized spacial score (nSPS) is 25.3. The Bertz CT molecular complexity index is 591. The molecule has 3 aliphatic rings. The fourth-order valence-electron chi connectivity index (χ4n) is 2.24. The van der Waals surface area contributed by atoms with Crippen LogP contribution >= 0.6 is 0 Å². The molecule has 0 spiro atoms. The fourth-order valence-corrected chi connectivity index (χ4v) is 2.24. The second kappa shape index (κ2) is 4.76. The predicted molar refractivity (Wildman–Crippen MR) is 70.7 cm³/mol. The molecule has 0 N–H and O–H groups in total. The molecule has 1 aromatic rings. The van der Waals surface area contributed by atoms with Gasteiger partial charge in [0.1, 0.15) is 11.9 Å². The predicted octanol–water partition coefficient (Wildman–Crippen LogP) is 3.37. The molecule has 0 saturated carbocycles. The molecule has 0 aromatic heterocycles. The molecule has 1 atom stereocenters. The van der Waals surface area contributed by atoms with Crippen molar-refractivity contribution in [3.8, 4) is 5.75 Å². The van der Waals surface area contributed by atoms with E-state index in [1.165, 1.54) is 5.56 Å². The summed E-state index contributed by atoms with van der Waals surface area (Å²) >= 11 is 0. The van der Waals surface area contributed by atoms with Crippen LogP contribution in [0.4, 0.5) is 4.79 Å². The molecule has 1 radical (unpaired) electrons. The Kier molecular flexibility index (Phi) is 2.95. The summed E-state index contributed by atoms with van der Waals surface area (Å²) in [6, 6.07) is 7.46. The van der Waals surface area contributed by atoms with Crippen molar-refractivity contribution in [2.45, 2.75) is 19.4 Å². The van der Waals surface area contributed by atoms with Crippen LogP contribution in [0.25, 0.3) is 0 Å². The Morgan fingerprint density at radius 1 is 1.26 bits per heavy atom. The van der Waals surface area contributed by atoms with E-state index in [1.807, 2.05) is 37.3 Å². The summed E-state index contributed by atoms with van der Waals surface area (Å²) in [5.41, 5.74) is 3.19. The van der Waals surface area contributed by atoms with E-state index in [1.54, 1.807) is 12.1 Å². The molecule has 4 rings (SSSR count). The molecule has 19 heavy (non-hydrogen) atoms. The first-order valence-electron chi connectivity index (χ1n) is 6.16. The number of carbonyl (C=O) groups excluding carboxylic acids is 1. The van der Waals surface area contributed by atoms with Crippen LogP contribution < -0.4 is 4.74 Å². The Morgan fingerprint density at radius 3 is 2.84 bits per heavy atom. The summed E-state index contributed by atoms with van der Waals surface area (Å²) in [7, 11) is 0. The second-order valence-corrected chi connectivity index (χ2v) is 4.60. The third kappa shape index (κ3) is 2.45. The van der Waals surface area contributed by atoms with Crippen molar-refractivity contribution in [1.82, 2.24) is 0 Å². The van der Waals surface area contributed by atoms with Crippen LogP contribution in [-0.2, 0) is 11.2 Å². The van der Waals surface area contributed by atoms with Crippen molar-refractivity contribution in [2.24, 2.45) is 0 Å². The van der Waals surface area contributed by atoms with E-state index in [9.17, 15) is 4.79 Å². The zero-order valence-electron chi connectivity index (χ0n) is 10.6. The van der Waals surface area contributed by atoms with Gasteiger partial charge >= 0.3 is 6.16 Å². The van der Waals surface area contributed by atoms with E-state index in [4.69, 9.17) is 9.47 Å². The molecule has 3 heteroatoms. The van der Waals surface area contributed by atoms with Gasteiger partial charge in [-0.3, -0.25) is 0 Å². The lowest BCUT2D eigenvalue weighted by Gasteiger charge is -2.18. The molecule has 95 valence electrons. The number of fused-ring (bicyclic) bond motifs is 5. The maximum Gasteiger partial charge on any atom is 0.514 e.